The van der Waals surface area contributed by atoms with Gasteiger partial charge in [-0.05, 0) is 6.07 Å². The first-order valence-corrected chi connectivity index (χ1v) is 5.27. The molecule has 8 heteroatoms. The molecule has 0 radical (unpaired) electrons. The number of non-ortho nitro benzene ring substituents is 1. The highest BCUT2D eigenvalue weighted by atomic mass is 19.1. The molecule has 0 fully saturated rings. The summed E-state index contributed by atoms with van der Waals surface area (Å²) in [6.45, 7) is 0.121. The molecule has 0 aliphatic heterocycles. The first-order valence-electron chi connectivity index (χ1n) is 5.27. The minimum absolute atomic E-state index is 0.113. The quantitative estimate of drug-likeness (QED) is 0.643. The number of hydrogen-bond donors (Lipinski definition) is 2. The number of amides is 1. The van der Waals surface area contributed by atoms with Crippen LogP contribution in [0.2, 0.25) is 0 Å². The normalized spacial score (nSPS) is 10.2. The van der Waals surface area contributed by atoms with Crippen molar-refractivity contribution in [3.8, 4) is 0 Å². The number of hydrogen-bond acceptors (Lipinski definition) is 4. The summed E-state index contributed by atoms with van der Waals surface area (Å²) < 4.78 is 13.2. The van der Waals surface area contributed by atoms with Gasteiger partial charge in [0.2, 0.25) is 0 Å². The van der Waals surface area contributed by atoms with Crippen molar-refractivity contribution >= 4 is 11.6 Å². The number of halogens is 1. The Bertz CT molecular complexity index is 612. The second-order valence-corrected chi connectivity index (χ2v) is 3.67. The van der Waals surface area contributed by atoms with Crippen LogP contribution in [0, 0.1) is 15.9 Å². The van der Waals surface area contributed by atoms with Crippen molar-refractivity contribution in [1.82, 2.24) is 15.3 Å². The minimum Gasteiger partial charge on any atom is -0.347 e. The molecule has 0 aliphatic rings. The number of nitro benzene ring substituents is 1. The number of nitro groups is 1. The zero-order chi connectivity index (χ0) is 13.8. The van der Waals surface area contributed by atoms with Crippen molar-refractivity contribution in [2.45, 2.75) is 6.54 Å². The molecular formula is C11H9FN4O3. The first-order chi connectivity index (χ1) is 9.06. The molecule has 0 spiro atoms. The number of aromatic nitrogens is 2. The fraction of sp³-hybridized carbons (Fsp3) is 0.0909. The van der Waals surface area contributed by atoms with E-state index >= 15 is 0 Å². The number of nitrogens with one attached hydrogen (secondary N) is 2. The maximum absolute atomic E-state index is 13.2. The van der Waals surface area contributed by atoms with E-state index in [-0.39, 0.29) is 12.1 Å². The van der Waals surface area contributed by atoms with Crippen LogP contribution in [0.15, 0.2) is 30.6 Å². The fourth-order valence-corrected chi connectivity index (χ4v) is 1.47. The van der Waals surface area contributed by atoms with E-state index in [4.69, 9.17) is 0 Å². The average Bonchev–Trinajstić information content (AvgIpc) is 2.88. The van der Waals surface area contributed by atoms with E-state index in [9.17, 15) is 19.3 Å². The molecule has 0 unspecified atom stereocenters. The van der Waals surface area contributed by atoms with E-state index in [1.54, 1.807) is 6.20 Å². The Labute approximate surface area is 106 Å². The van der Waals surface area contributed by atoms with E-state index in [1.165, 1.54) is 6.20 Å². The molecule has 0 saturated heterocycles. The molecule has 1 aromatic carbocycles. The Morgan fingerprint density at radius 1 is 1.47 bits per heavy atom. The third kappa shape index (κ3) is 3.12. The maximum atomic E-state index is 13.2. The van der Waals surface area contributed by atoms with Gasteiger partial charge in [0.1, 0.15) is 11.6 Å². The summed E-state index contributed by atoms with van der Waals surface area (Å²) in [5.41, 5.74) is -0.582. The van der Waals surface area contributed by atoms with E-state index < -0.39 is 22.3 Å². The molecule has 98 valence electrons. The summed E-state index contributed by atoms with van der Waals surface area (Å²) >= 11 is 0. The number of imidazole rings is 1. The highest BCUT2D eigenvalue weighted by Crippen LogP contribution is 2.16. The number of H-pyrrole nitrogens is 1. The third-order valence-electron chi connectivity index (χ3n) is 2.33. The SMILES string of the molecule is O=C(NCc1ncc[nH]1)c1cc(F)cc([N+](=O)[O-])c1. The van der Waals surface area contributed by atoms with Crippen molar-refractivity contribution in [3.05, 3.63) is 57.9 Å². The smallest absolute Gasteiger partial charge is 0.273 e. The van der Waals surface area contributed by atoms with Gasteiger partial charge < -0.3 is 10.3 Å². The number of carbonyl (C=O) groups is 1. The number of aromatic amines is 1. The summed E-state index contributed by atoms with van der Waals surface area (Å²) in [5.74, 6) is -0.921. The van der Waals surface area contributed by atoms with Gasteiger partial charge in [0.05, 0.1) is 17.5 Å². The second-order valence-electron chi connectivity index (χ2n) is 3.67. The number of rotatable bonds is 4. The van der Waals surface area contributed by atoms with Crippen LogP contribution in [0.1, 0.15) is 16.2 Å². The lowest BCUT2D eigenvalue weighted by molar-refractivity contribution is -0.385. The Morgan fingerprint density at radius 3 is 2.89 bits per heavy atom. The van der Waals surface area contributed by atoms with Gasteiger partial charge in [-0.3, -0.25) is 14.9 Å². The molecule has 2 aromatic rings. The van der Waals surface area contributed by atoms with Crippen LogP contribution >= 0.6 is 0 Å². The minimum atomic E-state index is -0.836. The summed E-state index contributed by atoms with van der Waals surface area (Å²) in [6, 6.07) is 2.70. The van der Waals surface area contributed by atoms with Crippen LogP contribution in [0.4, 0.5) is 10.1 Å². The zero-order valence-electron chi connectivity index (χ0n) is 9.59. The lowest BCUT2D eigenvalue weighted by Gasteiger charge is -2.03. The molecule has 0 aliphatic carbocycles. The van der Waals surface area contributed by atoms with Crippen molar-refractivity contribution in [2.24, 2.45) is 0 Å². The maximum Gasteiger partial charge on any atom is 0.273 e. The largest absolute Gasteiger partial charge is 0.347 e. The summed E-state index contributed by atoms with van der Waals surface area (Å²) in [4.78, 5) is 28.2. The van der Waals surface area contributed by atoms with Crippen molar-refractivity contribution in [2.75, 3.05) is 0 Å². The van der Waals surface area contributed by atoms with Crippen LogP contribution in [-0.4, -0.2) is 20.8 Å². The predicted octanol–water partition coefficient (Wildman–Crippen LogP) is 1.39. The van der Waals surface area contributed by atoms with Crippen molar-refractivity contribution in [3.63, 3.8) is 0 Å². The van der Waals surface area contributed by atoms with Gasteiger partial charge in [0.15, 0.2) is 0 Å². The Morgan fingerprint density at radius 2 is 2.26 bits per heavy atom. The summed E-state index contributed by atoms with van der Waals surface area (Å²) in [6.07, 6.45) is 3.11. The zero-order valence-corrected chi connectivity index (χ0v) is 9.59. The van der Waals surface area contributed by atoms with Crippen molar-refractivity contribution in [1.29, 1.82) is 0 Å². The highest BCUT2D eigenvalue weighted by molar-refractivity contribution is 5.94. The molecular weight excluding hydrogens is 255 g/mol. The summed E-state index contributed by atoms with van der Waals surface area (Å²) in [7, 11) is 0. The van der Waals surface area contributed by atoms with Gasteiger partial charge in [-0.2, -0.15) is 0 Å². The van der Waals surface area contributed by atoms with Crippen LogP contribution in [0.25, 0.3) is 0 Å². The Hall–Kier alpha value is -2.77. The molecule has 1 heterocycles. The molecule has 1 amide bonds. The number of benzene rings is 1. The Balaban J connectivity index is 2.12. The Kier molecular flexibility index (Phi) is 3.51. The lowest BCUT2D eigenvalue weighted by atomic mass is 10.2. The van der Waals surface area contributed by atoms with Crippen LogP contribution in [-0.2, 0) is 6.54 Å². The molecule has 1 aromatic heterocycles. The molecule has 2 rings (SSSR count). The van der Waals surface area contributed by atoms with Gasteiger partial charge in [-0.1, -0.05) is 0 Å². The van der Waals surface area contributed by atoms with E-state index in [0.29, 0.717) is 5.82 Å². The molecule has 0 bridgehead atoms. The van der Waals surface area contributed by atoms with E-state index in [2.05, 4.69) is 15.3 Å². The molecule has 0 saturated carbocycles. The van der Waals surface area contributed by atoms with Gasteiger partial charge in [-0.25, -0.2) is 9.37 Å². The first kappa shape index (κ1) is 12.7. The third-order valence-corrected chi connectivity index (χ3v) is 2.33. The number of nitrogens with zero attached hydrogens (tertiary/aromatic N) is 2. The molecule has 2 N–H and O–H groups in total. The van der Waals surface area contributed by atoms with Crippen LogP contribution in [0.3, 0.4) is 0 Å². The lowest BCUT2D eigenvalue weighted by Crippen LogP contribution is -2.23. The van der Waals surface area contributed by atoms with E-state index in [0.717, 1.165) is 18.2 Å². The van der Waals surface area contributed by atoms with Crippen LogP contribution < -0.4 is 5.32 Å². The van der Waals surface area contributed by atoms with Gasteiger partial charge in [-0.15, -0.1) is 0 Å². The van der Waals surface area contributed by atoms with Gasteiger partial charge in [0.25, 0.3) is 11.6 Å². The fourth-order valence-electron chi connectivity index (χ4n) is 1.47. The highest BCUT2D eigenvalue weighted by Gasteiger charge is 2.14. The second kappa shape index (κ2) is 5.25. The molecule has 0 atom stereocenters. The molecule has 7 nitrogen and oxygen atoms in total. The monoisotopic (exact) mass is 264 g/mol. The van der Waals surface area contributed by atoms with Crippen LogP contribution in [0.5, 0.6) is 0 Å². The standard InChI is InChI=1S/C11H9FN4O3/c12-8-3-7(4-9(5-8)16(18)19)11(17)15-6-10-13-1-2-14-10/h1-5H,6H2,(H,13,14)(H,15,17). The molecule has 19 heavy (non-hydrogen) atoms. The predicted molar refractivity (Wildman–Crippen MR) is 62.8 cm³/mol. The number of carbonyl (C=O) groups excluding carboxylic acids is 1. The van der Waals surface area contributed by atoms with Crippen molar-refractivity contribution < 1.29 is 14.1 Å². The van der Waals surface area contributed by atoms with Gasteiger partial charge >= 0.3 is 0 Å². The topological polar surface area (TPSA) is 101 Å². The van der Waals surface area contributed by atoms with E-state index in [1.807, 2.05) is 0 Å². The average molecular weight is 264 g/mol. The van der Waals surface area contributed by atoms with Gasteiger partial charge in [0, 0.05) is 24.0 Å². The summed E-state index contributed by atoms with van der Waals surface area (Å²) in [5, 5.41) is 13.0.